The molecule has 2 aliphatic rings. The lowest BCUT2D eigenvalue weighted by atomic mass is 9.73. The molecule has 0 N–H and O–H groups in total. The zero-order valence-electron chi connectivity index (χ0n) is 17.4. The molecule has 0 aliphatic carbocycles. The van der Waals surface area contributed by atoms with Crippen LogP contribution in [0.4, 0.5) is 0 Å². The number of carbonyl (C=O) groups excluding carboxylic acids is 1. The zero-order chi connectivity index (χ0) is 19.7. The van der Waals surface area contributed by atoms with E-state index in [9.17, 15) is 4.79 Å². The molecule has 5 nitrogen and oxygen atoms in total. The second-order valence-corrected chi connectivity index (χ2v) is 8.69. The number of aryl methyl sites for hydroxylation is 2. The van der Waals surface area contributed by atoms with Gasteiger partial charge in [-0.05, 0) is 64.3 Å². The quantitative estimate of drug-likeness (QED) is 0.812. The van der Waals surface area contributed by atoms with E-state index in [2.05, 4.69) is 58.7 Å². The summed E-state index contributed by atoms with van der Waals surface area (Å²) in [5.74, 6) is 0.333. The molecule has 2 saturated heterocycles. The van der Waals surface area contributed by atoms with Gasteiger partial charge in [-0.15, -0.1) is 0 Å². The number of amides is 1. The van der Waals surface area contributed by atoms with Crippen LogP contribution in [-0.2, 0) is 11.3 Å². The Morgan fingerprint density at radius 3 is 2.71 bits per heavy atom. The number of hydrogen-bond acceptors (Lipinski definition) is 3. The molecule has 2 fully saturated rings. The lowest BCUT2D eigenvalue weighted by Crippen LogP contribution is -2.53. The molecule has 1 amide bonds. The maximum Gasteiger partial charge on any atom is 0.222 e. The van der Waals surface area contributed by atoms with Crippen molar-refractivity contribution in [3.63, 3.8) is 0 Å². The summed E-state index contributed by atoms with van der Waals surface area (Å²) in [5.41, 5.74) is 5.00. The Kier molecular flexibility index (Phi) is 5.28. The van der Waals surface area contributed by atoms with Gasteiger partial charge in [-0.2, -0.15) is 5.10 Å². The van der Waals surface area contributed by atoms with E-state index in [1.54, 1.807) is 0 Å². The summed E-state index contributed by atoms with van der Waals surface area (Å²) in [4.78, 5) is 16.8. The summed E-state index contributed by atoms with van der Waals surface area (Å²) in [5, 5.41) is 4.70. The van der Waals surface area contributed by atoms with Gasteiger partial charge in [-0.1, -0.05) is 18.2 Å². The maximum absolute atomic E-state index is 12.2. The van der Waals surface area contributed by atoms with Gasteiger partial charge in [-0.3, -0.25) is 9.69 Å². The molecule has 0 saturated carbocycles. The van der Waals surface area contributed by atoms with Crippen molar-refractivity contribution in [2.75, 3.05) is 26.2 Å². The highest BCUT2D eigenvalue weighted by molar-refractivity contribution is 5.77. The Morgan fingerprint density at radius 1 is 1.14 bits per heavy atom. The molecule has 3 heterocycles. The summed E-state index contributed by atoms with van der Waals surface area (Å²) in [6.45, 7) is 11.2. The first-order valence-corrected chi connectivity index (χ1v) is 10.6. The highest BCUT2D eigenvalue weighted by atomic mass is 16.2. The molecule has 5 heteroatoms. The summed E-state index contributed by atoms with van der Waals surface area (Å²) < 4.78 is 2.07. The second kappa shape index (κ2) is 7.70. The van der Waals surface area contributed by atoms with Gasteiger partial charge in [0.1, 0.15) is 0 Å². The van der Waals surface area contributed by atoms with Gasteiger partial charge in [0.05, 0.1) is 11.4 Å². The Hall–Kier alpha value is -2.14. The molecule has 2 aromatic rings. The van der Waals surface area contributed by atoms with Crippen LogP contribution in [0.25, 0.3) is 5.69 Å². The average Bonchev–Trinajstić information content (AvgIpc) is 3.02. The zero-order valence-corrected chi connectivity index (χ0v) is 17.4. The molecule has 4 rings (SSSR count). The molecule has 28 heavy (non-hydrogen) atoms. The largest absolute Gasteiger partial charge is 0.342 e. The topological polar surface area (TPSA) is 41.4 Å². The van der Waals surface area contributed by atoms with E-state index >= 15 is 0 Å². The van der Waals surface area contributed by atoms with E-state index in [-0.39, 0.29) is 5.41 Å². The molecule has 2 aliphatic heterocycles. The first-order valence-electron chi connectivity index (χ1n) is 10.6. The van der Waals surface area contributed by atoms with Crippen molar-refractivity contribution in [2.24, 2.45) is 5.41 Å². The van der Waals surface area contributed by atoms with Crippen LogP contribution < -0.4 is 0 Å². The Balaban J connectivity index is 1.54. The van der Waals surface area contributed by atoms with E-state index in [4.69, 9.17) is 5.10 Å². The summed E-state index contributed by atoms with van der Waals surface area (Å²) >= 11 is 0. The highest BCUT2D eigenvalue weighted by Crippen LogP contribution is 2.39. The molecule has 0 radical (unpaired) electrons. The summed E-state index contributed by atoms with van der Waals surface area (Å²) in [6.07, 6.45) is 4.21. The van der Waals surface area contributed by atoms with Crippen LogP contribution in [0.15, 0.2) is 30.3 Å². The number of hydrogen-bond donors (Lipinski definition) is 0. The van der Waals surface area contributed by atoms with Crippen LogP contribution in [0.1, 0.15) is 49.6 Å². The molecule has 150 valence electrons. The van der Waals surface area contributed by atoms with E-state index in [1.165, 1.54) is 29.8 Å². The Morgan fingerprint density at radius 2 is 1.96 bits per heavy atom. The fourth-order valence-electron chi connectivity index (χ4n) is 5.13. The van der Waals surface area contributed by atoms with Gasteiger partial charge in [0, 0.05) is 43.7 Å². The van der Waals surface area contributed by atoms with Gasteiger partial charge in [-0.25, -0.2) is 4.68 Å². The predicted octanol–water partition coefficient (Wildman–Crippen LogP) is 3.71. The number of para-hydroxylation sites is 1. The molecular formula is C23H32N4O. The lowest BCUT2D eigenvalue weighted by molar-refractivity contribution is -0.139. The number of carbonyl (C=O) groups is 1. The smallest absolute Gasteiger partial charge is 0.222 e. The van der Waals surface area contributed by atoms with Crippen LogP contribution in [0.2, 0.25) is 0 Å². The molecule has 1 aromatic carbocycles. The van der Waals surface area contributed by atoms with Crippen molar-refractivity contribution >= 4 is 5.91 Å². The van der Waals surface area contributed by atoms with E-state index in [1.807, 2.05) is 6.92 Å². The van der Waals surface area contributed by atoms with Crippen molar-refractivity contribution in [1.29, 1.82) is 0 Å². The van der Waals surface area contributed by atoms with Gasteiger partial charge in [0.2, 0.25) is 5.91 Å². The summed E-state index contributed by atoms with van der Waals surface area (Å²) in [7, 11) is 0. The average molecular weight is 381 g/mol. The number of rotatable bonds is 4. The number of aromatic nitrogens is 2. The monoisotopic (exact) mass is 380 g/mol. The van der Waals surface area contributed by atoms with Gasteiger partial charge in [0.25, 0.3) is 0 Å². The third-order valence-electron chi connectivity index (χ3n) is 6.49. The van der Waals surface area contributed by atoms with Gasteiger partial charge in [0.15, 0.2) is 0 Å². The number of piperidine rings is 2. The van der Waals surface area contributed by atoms with Crippen LogP contribution in [-0.4, -0.2) is 51.7 Å². The Labute approximate surface area is 168 Å². The second-order valence-electron chi connectivity index (χ2n) is 8.69. The minimum atomic E-state index is 0.273. The molecule has 0 unspecified atom stereocenters. The fourth-order valence-corrected chi connectivity index (χ4v) is 5.13. The van der Waals surface area contributed by atoms with Crippen molar-refractivity contribution < 1.29 is 4.79 Å². The minimum Gasteiger partial charge on any atom is -0.342 e. The highest BCUT2D eigenvalue weighted by Gasteiger charge is 2.41. The van der Waals surface area contributed by atoms with Crippen LogP contribution in [0, 0.1) is 19.3 Å². The lowest BCUT2D eigenvalue weighted by Gasteiger charge is -2.48. The van der Waals surface area contributed by atoms with Gasteiger partial charge < -0.3 is 4.90 Å². The van der Waals surface area contributed by atoms with Crippen molar-refractivity contribution in [1.82, 2.24) is 19.6 Å². The number of nitrogens with zero attached hydrogens (tertiary/aromatic N) is 4. The molecular weight excluding hydrogens is 348 g/mol. The third-order valence-corrected chi connectivity index (χ3v) is 6.49. The SMILES string of the molecule is CCN1C[C@]2(CCCN(Cc3ccccc3-n3nc(C)cc3C)C2)CCC1=O. The molecule has 1 atom stereocenters. The van der Waals surface area contributed by atoms with Crippen molar-refractivity contribution in [2.45, 2.75) is 53.0 Å². The van der Waals surface area contributed by atoms with E-state index in [0.29, 0.717) is 12.3 Å². The number of likely N-dealkylation sites (tertiary alicyclic amines) is 2. The molecule has 0 bridgehead atoms. The van der Waals surface area contributed by atoms with Crippen LogP contribution in [0.3, 0.4) is 0 Å². The third kappa shape index (κ3) is 3.72. The van der Waals surface area contributed by atoms with Crippen LogP contribution in [0.5, 0.6) is 0 Å². The maximum atomic E-state index is 12.2. The normalized spacial score (nSPS) is 23.5. The fraction of sp³-hybridized carbons (Fsp3) is 0.565. The predicted molar refractivity (Wildman–Crippen MR) is 111 cm³/mol. The first kappa shape index (κ1) is 19.2. The minimum absolute atomic E-state index is 0.273. The summed E-state index contributed by atoms with van der Waals surface area (Å²) in [6, 6.07) is 10.8. The van der Waals surface area contributed by atoms with Crippen LogP contribution >= 0.6 is 0 Å². The Bertz CT molecular complexity index is 858. The van der Waals surface area contributed by atoms with E-state index in [0.717, 1.165) is 44.8 Å². The number of benzene rings is 1. The first-order chi connectivity index (χ1) is 13.5. The van der Waals surface area contributed by atoms with E-state index < -0.39 is 0 Å². The molecule has 1 aromatic heterocycles. The molecule has 1 spiro atoms. The van der Waals surface area contributed by atoms with Crippen molar-refractivity contribution in [3.8, 4) is 5.69 Å². The standard InChI is InChI=1S/C23H32N4O/c1-4-26-17-23(12-10-22(26)28)11-7-13-25(16-23)15-20-8-5-6-9-21(20)27-19(3)14-18(2)24-27/h5-6,8-9,14H,4,7,10-13,15-17H2,1-3H3/t23-/m1/s1. The van der Waals surface area contributed by atoms with Gasteiger partial charge >= 0.3 is 0 Å². The van der Waals surface area contributed by atoms with Crippen molar-refractivity contribution in [3.05, 3.63) is 47.3 Å².